The topological polar surface area (TPSA) is 122 Å². The summed E-state index contributed by atoms with van der Waals surface area (Å²) in [6, 6.07) is 30.3. The molecular weight excluding hydrogens is 594 g/mol. The van der Waals surface area contributed by atoms with Crippen molar-refractivity contribution in [1.82, 2.24) is 5.32 Å². The summed E-state index contributed by atoms with van der Waals surface area (Å²) in [5, 5.41) is 21.7. The number of nitrogens with one attached hydrogen (secondary N) is 1. The fourth-order valence-corrected chi connectivity index (χ4v) is 5.63. The van der Waals surface area contributed by atoms with Gasteiger partial charge in [-0.2, -0.15) is 0 Å². The van der Waals surface area contributed by atoms with Gasteiger partial charge in [-0.15, -0.1) is 0 Å². The van der Waals surface area contributed by atoms with Crippen molar-refractivity contribution in [2.24, 2.45) is 5.92 Å². The zero-order valence-corrected chi connectivity index (χ0v) is 26.1. The van der Waals surface area contributed by atoms with Crippen molar-refractivity contribution in [1.29, 1.82) is 0 Å². The van der Waals surface area contributed by atoms with Gasteiger partial charge in [0.15, 0.2) is 0 Å². The monoisotopic (exact) mass is 633 g/mol. The average Bonchev–Trinajstić information content (AvgIpc) is 3.09. The lowest BCUT2D eigenvalue weighted by Crippen LogP contribution is -2.40. The number of hydrogen-bond donors (Lipinski definition) is 3. The van der Waals surface area contributed by atoms with Gasteiger partial charge in [0, 0.05) is 6.04 Å². The zero-order chi connectivity index (χ0) is 33.0. The smallest absolute Gasteiger partial charge is 0.335 e. The molecule has 4 aromatic rings. The molecule has 0 heterocycles. The summed E-state index contributed by atoms with van der Waals surface area (Å²) in [7, 11) is 0. The normalized spacial score (nSPS) is 16.0. The highest BCUT2D eigenvalue weighted by molar-refractivity contribution is 6.00. The fraction of sp³-hybridized carbons (Fsp3) is 0.256. The van der Waals surface area contributed by atoms with E-state index in [0.29, 0.717) is 51.1 Å². The molecule has 1 fully saturated rings. The van der Waals surface area contributed by atoms with Gasteiger partial charge in [-0.1, -0.05) is 85.3 Å². The van der Waals surface area contributed by atoms with E-state index in [2.05, 4.69) is 53.9 Å². The SMILES string of the molecule is O=C(O)c1ccc(OCCCc2ccc(OCc3ccc(C=Cc4ccccc4)cc3)cc2)c(C(=O)NC2CCCC(C(=O)O)C2)c1. The molecule has 47 heavy (non-hydrogen) atoms. The third-order valence-electron chi connectivity index (χ3n) is 8.27. The second-order valence-electron chi connectivity index (χ2n) is 11.8. The molecule has 2 unspecified atom stereocenters. The van der Waals surface area contributed by atoms with Crippen LogP contribution >= 0.6 is 0 Å². The van der Waals surface area contributed by atoms with E-state index in [9.17, 15) is 24.6 Å². The standard InChI is InChI=1S/C39H39NO7/c41-37(40-33-10-4-9-31(24-33)38(42)43)35-25-32(39(44)45)19-22-36(35)46-23-5-8-28-17-20-34(21-18-28)47-26-30-15-13-29(14-16-30)12-11-27-6-2-1-3-7-27/h1-3,6-7,11-22,25,31,33H,4-5,8-10,23-24,26H2,(H,40,41)(H,42,43)(H,44,45). The quantitative estimate of drug-likeness (QED) is 0.0970. The average molecular weight is 634 g/mol. The number of aromatic carboxylic acids is 1. The maximum Gasteiger partial charge on any atom is 0.335 e. The van der Waals surface area contributed by atoms with Crippen molar-refractivity contribution in [2.45, 2.75) is 51.2 Å². The predicted molar refractivity (Wildman–Crippen MR) is 181 cm³/mol. The van der Waals surface area contributed by atoms with Gasteiger partial charge in [-0.05, 0) is 84.7 Å². The van der Waals surface area contributed by atoms with E-state index < -0.39 is 23.8 Å². The molecule has 2 atom stereocenters. The molecule has 5 rings (SSSR count). The van der Waals surface area contributed by atoms with E-state index in [-0.39, 0.29) is 17.2 Å². The third kappa shape index (κ3) is 9.81. The molecule has 0 aliphatic heterocycles. The minimum Gasteiger partial charge on any atom is -0.493 e. The summed E-state index contributed by atoms with van der Waals surface area (Å²) >= 11 is 0. The molecule has 0 radical (unpaired) electrons. The Morgan fingerprint density at radius 3 is 2.19 bits per heavy atom. The summed E-state index contributed by atoms with van der Waals surface area (Å²) in [6.07, 6.45) is 7.91. The van der Waals surface area contributed by atoms with Crippen LogP contribution in [-0.2, 0) is 17.8 Å². The van der Waals surface area contributed by atoms with Crippen LogP contribution in [0, 0.1) is 5.92 Å². The van der Waals surface area contributed by atoms with Crippen LogP contribution in [0.15, 0.2) is 97.1 Å². The fourth-order valence-electron chi connectivity index (χ4n) is 5.63. The van der Waals surface area contributed by atoms with Crippen molar-refractivity contribution in [3.63, 3.8) is 0 Å². The van der Waals surface area contributed by atoms with Crippen LogP contribution in [0.5, 0.6) is 11.5 Å². The van der Waals surface area contributed by atoms with E-state index in [1.54, 1.807) is 0 Å². The summed E-state index contributed by atoms with van der Waals surface area (Å²) in [4.78, 5) is 36.2. The largest absolute Gasteiger partial charge is 0.493 e. The van der Waals surface area contributed by atoms with Crippen LogP contribution in [0.25, 0.3) is 12.2 Å². The van der Waals surface area contributed by atoms with E-state index in [0.717, 1.165) is 34.4 Å². The predicted octanol–water partition coefficient (Wildman–Crippen LogP) is 7.52. The maximum atomic E-state index is 13.2. The Morgan fingerprint density at radius 2 is 1.49 bits per heavy atom. The summed E-state index contributed by atoms with van der Waals surface area (Å²) in [5.74, 6) is -1.90. The lowest BCUT2D eigenvalue weighted by molar-refractivity contribution is -0.143. The Morgan fingerprint density at radius 1 is 0.787 bits per heavy atom. The first-order valence-electron chi connectivity index (χ1n) is 15.9. The van der Waals surface area contributed by atoms with Crippen LogP contribution in [0.1, 0.15) is 75.1 Å². The molecule has 0 spiro atoms. The van der Waals surface area contributed by atoms with Gasteiger partial charge >= 0.3 is 11.9 Å². The number of carboxylic acids is 2. The Bertz CT molecular complexity index is 1680. The van der Waals surface area contributed by atoms with Gasteiger partial charge < -0.3 is 25.0 Å². The first-order valence-corrected chi connectivity index (χ1v) is 15.9. The van der Waals surface area contributed by atoms with Gasteiger partial charge in [-0.25, -0.2) is 4.79 Å². The van der Waals surface area contributed by atoms with Crippen molar-refractivity contribution < 1.29 is 34.1 Å². The highest BCUT2D eigenvalue weighted by Gasteiger charge is 2.29. The summed E-state index contributed by atoms with van der Waals surface area (Å²) in [6.45, 7) is 0.791. The van der Waals surface area contributed by atoms with E-state index >= 15 is 0 Å². The van der Waals surface area contributed by atoms with Crippen molar-refractivity contribution in [3.8, 4) is 11.5 Å². The number of carbonyl (C=O) groups is 3. The van der Waals surface area contributed by atoms with E-state index in [1.165, 1.54) is 18.2 Å². The molecular formula is C39H39NO7. The Hall–Kier alpha value is -5.37. The first-order chi connectivity index (χ1) is 22.8. The summed E-state index contributed by atoms with van der Waals surface area (Å²) in [5.41, 5.74) is 4.58. The van der Waals surface area contributed by atoms with Crippen molar-refractivity contribution >= 4 is 30.0 Å². The van der Waals surface area contributed by atoms with Crippen LogP contribution in [-0.4, -0.2) is 40.7 Å². The van der Waals surface area contributed by atoms with Crippen molar-refractivity contribution in [3.05, 3.63) is 130 Å². The number of carbonyl (C=O) groups excluding carboxylic acids is 1. The number of carboxylic acid groups (broad SMARTS) is 2. The highest BCUT2D eigenvalue weighted by Crippen LogP contribution is 2.27. The molecule has 0 saturated heterocycles. The molecule has 8 nitrogen and oxygen atoms in total. The molecule has 242 valence electrons. The maximum absolute atomic E-state index is 13.2. The zero-order valence-electron chi connectivity index (χ0n) is 26.1. The number of aryl methyl sites for hydroxylation is 1. The Kier molecular flexibility index (Phi) is 11.4. The van der Waals surface area contributed by atoms with Gasteiger partial charge in [-0.3, -0.25) is 9.59 Å². The highest BCUT2D eigenvalue weighted by atomic mass is 16.5. The molecule has 3 N–H and O–H groups in total. The lowest BCUT2D eigenvalue weighted by Gasteiger charge is -2.27. The number of rotatable bonds is 14. The summed E-state index contributed by atoms with van der Waals surface area (Å²) < 4.78 is 11.9. The molecule has 0 aromatic heterocycles. The number of aliphatic carboxylic acids is 1. The number of benzene rings is 4. The van der Waals surface area contributed by atoms with Gasteiger partial charge in [0.1, 0.15) is 18.1 Å². The molecule has 1 aliphatic carbocycles. The lowest BCUT2D eigenvalue weighted by atomic mass is 9.85. The Balaban J connectivity index is 1.09. The molecule has 1 saturated carbocycles. The van der Waals surface area contributed by atoms with E-state index in [4.69, 9.17) is 9.47 Å². The first kappa shape index (κ1) is 33.0. The molecule has 1 amide bonds. The third-order valence-corrected chi connectivity index (χ3v) is 8.27. The number of ether oxygens (including phenoxy) is 2. The molecule has 1 aliphatic rings. The van der Waals surface area contributed by atoms with Gasteiger partial charge in [0.25, 0.3) is 5.91 Å². The minimum atomic E-state index is -1.15. The second kappa shape index (κ2) is 16.3. The molecule has 0 bridgehead atoms. The van der Waals surface area contributed by atoms with Gasteiger partial charge in [0.2, 0.25) is 0 Å². The second-order valence-corrected chi connectivity index (χ2v) is 11.8. The van der Waals surface area contributed by atoms with Crippen LogP contribution < -0.4 is 14.8 Å². The molecule has 4 aromatic carbocycles. The molecule has 8 heteroatoms. The van der Waals surface area contributed by atoms with Crippen molar-refractivity contribution in [2.75, 3.05) is 6.61 Å². The van der Waals surface area contributed by atoms with E-state index in [1.807, 2.05) is 42.5 Å². The number of hydrogen-bond acceptors (Lipinski definition) is 5. The van der Waals surface area contributed by atoms with Crippen LogP contribution in [0.4, 0.5) is 0 Å². The van der Waals surface area contributed by atoms with Crippen LogP contribution in [0.3, 0.4) is 0 Å². The Labute approximate surface area is 274 Å². The van der Waals surface area contributed by atoms with Crippen LogP contribution in [0.2, 0.25) is 0 Å². The number of amides is 1. The minimum absolute atomic E-state index is 0.0233. The van der Waals surface area contributed by atoms with Gasteiger partial charge in [0.05, 0.1) is 23.7 Å².